The van der Waals surface area contributed by atoms with Crippen LogP contribution in [0.25, 0.3) is 0 Å². The SMILES string of the molecule is CCNC(=O)[C@H](Cc1ccccc1)N(Cc1ccccc1)C(=O)CCN1C(=O)c2ccccc2S1(=O)=O. The molecule has 4 rings (SSSR count). The highest BCUT2D eigenvalue weighted by molar-refractivity contribution is 7.90. The number of carbonyl (C=O) groups is 3. The van der Waals surface area contributed by atoms with Crippen molar-refractivity contribution in [2.75, 3.05) is 13.1 Å². The maximum absolute atomic E-state index is 13.6. The zero-order valence-corrected chi connectivity index (χ0v) is 21.4. The van der Waals surface area contributed by atoms with E-state index in [2.05, 4.69) is 5.32 Å². The molecule has 3 amide bonds. The molecule has 0 saturated carbocycles. The van der Waals surface area contributed by atoms with Crippen molar-refractivity contribution in [1.82, 2.24) is 14.5 Å². The number of nitrogens with zero attached hydrogens (tertiary/aromatic N) is 2. The lowest BCUT2D eigenvalue weighted by molar-refractivity contribution is -0.141. The largest absolute Gasteiger partial charge is 0.355 e. The van der Waals surface area contributed by atoms with Gasteiger partial charge in [0.05, 0.1) is 5.56 Å². The molecule has 1 N–H and O–H groups in total. The van der Waals surface area contributed by atoms with E-state index in [9.17, 15) is 22.8 Å². The normalized spacial score (nSPS) is 14.6. The van der Waals surface area contributed by atoms with E-state index in [1.165, 1.54) is 17.0 Å². The van der Waals surface area contributed by atoms with Crippen molar-refractivity contribution >= 4 is 27.7 Å². The van der Waals surface area contributed by atoms with Gasteiger partial charge in [-0.25, -0.2) is 12.7 Å². The quantitative estimate of drug-likeness (QED) is 0.444. The lowest BCUT2D eigenvalue weighted by Crippen LogP contribution is -2.51. The first-order chi connectivity index (χ1) is 17.8. The summed E-state index contributed by atoms with van der Waals surface area (Å²) in [7, 11) is -4.04. The van der Waals surface area contributed by atoms with Crippen LogP contribution in [0.3, 0.4) is 0 Å². The van der Waals surface area contributed by atoms with Crippen molar-refractivity contribution in [3.8, 4) is 0 Å². The molecule has 192 valence electrons. The second kappa shape index (κ2) is 11.4. The highest BCUT2D eigenvalue weighted by atomic mass is 32.2. The summed E-state index contributed by atoms with van der Waals surface area (Å²) < 4.78 is 26.6. The molecule has 8 nitrogen and oxygen atoms in total. The Morgan fingerprint density at radius 2 is 1.49 bits per heavy atom. The summed E-state index contributed by atoms with van der Waals surface area (Å²) in [5.41, 5.74) is 1.81. The second-order valence-corrected chi connectivity index (χ2v) is 10.6. The zero-order chi connectivity index (χ0) is 26.4. The Morgan fingerprint density at radius 1 is 0.892 bits per heavy atom. The van der Waals surface area contributed by atoms with Crippen molar-refractivity contribution in [2.45, 2.75) is 37.2 Å². The van der Waals surface area contributed by atoms with Gasteiger partial charge in [0.1, 0.15) is 10.9 Å². The fraction of sp³-hybridized carbons (Fsp3) is 0.250. The zero-order valence-electron chi connectivity index (χ0n) is 20.5. The van der Waals surface area contributed by atoms with Crippen LogP contribution in [0.15, 0.2) is 89.8 Å². The van der Waals surface area contributed by atoms with Gasteiger partial charge in [-0.1, -0.05) is 72.8 Å². The number of benzene rings is 3. The number of amides is 3. The summed E-state index contributed by atoms with van der Waals surface area (Å²) in [5, 5.41) is 2.82. The highest BCUT2D eigenvalue weighted by Gasteiger charge is 2.41. The Morgan fingerprint density at radius 3 is 2.11 bits per heavy atom. The van der Waals surface area contributed by atoms with Crippen LogP contribution in [0, 0.1) is 0 Å². The van der Waals surface area contributed by atoms with Crippen molar-refractivity contribution in [1.29, 1.82) is 0 Å². The van der Waals surface area contributed by atoms with Crippen LogP contribution < -0.4 is 5.32 Å². The third kappa shape index (κ3) is 5.72. The van der Waals surface area contributed by atoms with Gasteiger partial charge in [-0.15, -0.1) is 0 Å². The number of nitrogens with one attached hydrogen (secondary N) is 1. The van der Waals surface area contributed by atoms with E-state index in [4.69, 9.17) is 0 Å². The van der Waals surface area contributed by atoms with E-state index in [1.807, 2.05) is 67.6 Å². The van der Waals surface area contributed by atoms with Crippen LogP contribution in [0.4, 0.5) is 0 Å². The predicted molar refractivity (Wildman–Crippen MR) is 139 cm³/mol. The molecule has 0 aliphatic carbocycles. The summed E-state index contributed by atoms with van der Waals surface area (Å²) in [5.74, 6) is -1.37. The van der Waals surface area contributed by atoms with E-state index in [1.54, 1.807) is 12.1 Å². The minimum absolute atomic E-state index is 0.0575. The van der Waals surface area contributed by atoms with Crippen molar-refractivity contribution < 1.29 is 22.8 Å². The van der Waals surface area contributed by atoms with E-state index in [0.717, 1.165) is 15.4 Å². The van der Waals surface area contributed by atoms with Gasteiger partial charge in [0.25, 0.3) is 15.9 Å². The number of fused-ring (bicyclic) bond motifs is 1. The maximum Gasteiger partial charge on any atom is 0.269 e. The third-order valence-electron chi connectivity index (χ3n) is 6.26. The molecule has 0 unspecified atom stereocenters. The lowest BCUT2D eigenvalue weighted by atomic mass is 10.0. The van der Waals surface area contributed by atoms with E-state index in [-0.39, 0.29) is 42.3 Å². The Kier molecular flexibility index (Phi) is 8.03. The standard InChI is InChI=1S/C28H29N3O5S/c1-2-29-27(33)24(19-21-11-5-3-6-12-21)30(20-22-13-7-4-8-14-22)26(32)17-18-31-28(34)23-15-9-10-16-25(23)37(31,35)36/h3-16,24H,2,17-20H2,1H3,(H,29,33)/t24-/m0/s1. The number of hydrogen-bond acceptors (Lipinski definition) is 5. The molecule has 0 aromatic heterocycles. The molecule has 0 radical (unpaired) electrons. The van der Waals surface area contributed by atoms with Gasteiger partial charge in [0.15, 0.2) is 0 Å². The summed E-state index contributed by atoms with van der Waals surface area (Å²) >= 11 is 0. The molecule has 9 heteroatoms. The summed E-state index contributed by atoms with van der Waals surface area (Å²) in [6.45, 7) is 2.06. The van der Waals surface area contributed by atoms with Crippen LogP contribution >= 0.6 is 0 Å². The minimum Gasteiger partial charge on any atom is -0.355 e. The van der Waals surface area contributed by atoms with E-state index in [0.29, 0.717) is 6.54 Å². The fourth-order valence-corrected chi connectivity index (χ4v) is 5.99. The number of likely N-dealkylation sites (N-methyl/N-ethyl adjacent to an activating group) is 1. The Hall–Kier alpha value is -3.98. The molecule has 3 aromatic rings. The van der Waals surface area contributed by atoms with Gasteiger partial charge >= 0.3 is 0 Å². The number of hydrogen-bond donors (Lipinski definition) is 1. The number of rotatable bonds is 10. The summed E-state index contributed by atoms with van der Waals surface area (Å²) in [6.07, 6.45) is 0.0358. The smallest absolute Gasteiger partial charge is 0.269 e. The van der Waals surface area contributed by atoms with Gasteiger partial charge in [-0.2, -0.15) is 0 Å². The van der Waals surface area contributed by atoms with Gasteiger partial charge in [0.2, 0.25) is 11.8 Å². The average molecular weight is 520 g/mol. The second-order valence-electron chi connectivity index (χ2n) is 8.74. The molecule has 37 heavy (non-hydrogen) atoms. The summed E-state index contributed by atoms with van der Waals surface area (Å²) in [6, 6.07) is 23.9. The first-order valence-corrected chi connectivity index (χ1v) is 13.6. The molecule has 0 saturated heterocycles. The van der Waals surface area contributed by atoms with Crippen LogP contribution in [-0.4, -0.2) is 54.5 Å². The van der Waals surface area contributed by atoms with Crippen molar-refractivity contribution in [2.24, 2.45) is 0 Å². The first-order valence-electron chi connectivity index (χ1n) is 12.1. The molecule has 0 spiro atoms. The molecule has 1 heterocycles. The molecular weight excluding hydrogens is 490 g/mol. The molecule has 1 aliphatic heterocycles. The van der Waals surface area contributed by atoms with Crippen LogP contribution in [-0.2, 0) is 32.6 Å². The van der Waals surface area contributed by atoms with Gasteiger partial charge < -0.3 is 10.2 Å². The molecule has 0 bridgehead atoms. The Bertz CT molecular complexity index is 1380. The summed E-state index contributed by atoms with van der Waals surface area (Å²) in [4.78, 5) is 41.1. The molecule has 1 aliphatic rings. The Balaban J connectivity index is 1.61. The molecule has 0 fully saturated rings. The monoisotopic (exact) mass is 519 g/mol. The van der Waals surface area contributed by atoms with Crippen LogP contribution in [0.5, 0.6) is 0 Å². The highest BCUT2D eigenvalue weighted by Crippen LogP contribution is 2.30. The van der Waals surface area contributed by atoms with Gasteiger partial charge in [0, 0.05) is 32.5 Å². The number of carbonyl (C=O) groups excluding carboxylic acids is 3. The molecular formula is C28H29N3O5S. The third-order valence-corrected chi connectivity index (χ3v) is 8.10. The van der Waals surface area contributed by atoms with Crippen molar-refractivity contribution in [3.63, 3.8) is 0 Å². The lowest BCUT2D eigenvalue weighted by Gasteiger charge is -2.32. The van der Waals surface area contributed by atoms with Gasteiger partial charge in [-0.3, -0.25) is 14.4 Å². The van der Waals surface area contributed by atoms with Gasteiger partial charge in [-0.05, 0) is 30.2 Å². The molecule has 1 atom stereocenters. The maximum atomic E-state index is 13.6. The molecule has 3 aromatic carbocycles. The van der Waals surface area contributed by atoms with E-state index >= 15 is 0 Å². The Labute approximate surface area is 217 Å². The average Bonchev–Trinajstić information content (AvgIpc) is 3.10. The minimum atomic E-state index is -4.04. The van der Waals surface area contributed by atoms with Crippen molar-refractivity contribution in [3.05, 3.63) is 102 Å². The van der Waals surface area contributed by atoms with E-state index < -0.39 is 27.9 Å². The topological polar surface area (TPSA) is 104 Å². The van der Waals surface area contributed by atoms with Crippen LogP contribution in [0.1, 0.15) is 34.8 Å². The van der Waals surface area contributed by atoms with Crippen LogP contribution in [0.2, 0.25) is 0 Å². The predicted octanol–water partition coefficient (Wildman–Crippen LogP) is 3.00. The number of sulfonamides is 1. The fourth-order valence-electron chi connectivity index (χ4n) is 4.42. The first kappa shape index (κ1) is 26.1.